The first kappa shape index (κ1) is 23.7. The Balaban J connectivity index is 0.00000320. The lowest BCUT2D eigenvalue weighted by Crippen LogP contribution is -2.33. The van der Waals surface area contributed by atoms with Gasteiger partial charge in [-0.2, -0.15) is 0 Å². The van der Waals surface area contributed by atoms with Gasteiger partial charge in [0.15, 0.2) is 0 Å². The molecule has 0 fully saturated rings. The Bertz CT molecular complexity index is 828. The van der Waals surface area contributed by atoms with Crippen molar-refractivity contribution < 1.29 is 9.53 Å². The van der Waals surface area contributed by atoms with Crippen LogP contribution in [0.1, 0.15) is 42.5 Å². The van der Waals surface area contributed by atoms with Gasteiger partial charge in [0.05, 0.1) is 6.04 Å². The van der Waals surface area contributed by atoms with Gasteiger partial charge in [0.25, 0.3) is 0 Å². The summed E-state index contributed by atoms with van der Waals surface area (Å²) in [5, 5.41) is 0. The number of esters is 1. The molecule has 0 spiro atoms. The summed E-state index contributed by atoms with van der Waals surface area (Å²) in [6.07, 6.45) is 0. The fourth-order valence-corrected chi connectivity index (χ4v) is 3.75. The molecule has 0 radical (unpaired) electrons. The van der Waals surface area contributed by atoms with Crippen LogP contribution in [0.15, 0.2) is 91.0 Å². The average Bonchev–Trinajstić information content (AvgIpc) is 2.79. The fraction of sp³-hybridized carbons (Fsp3) is 0.269. The first-order valence-corrected chi connectivity index (χ1v) is 10.3. The topological polar surface area (TPSA) is 29.5 Å². The van der Waals surface area contributed by atoms with Crippen LogP contribution >= 0.6 is 12.4 Å². The molecular formula is C26H30ClNO2. The zero-order chi connectivity index (χ0) is 20.5. The number of rotatable bonds is 9. The summed E-state index contributed by atoms with van der Waals surface area (Å²) >= 11 is 0. The van der Waals surface area contributed by atoms with Gasteiger partial charge < -0.3 is 4.74 Å². The molecule has 3 rings (SSSR count). The van der Waals surface area contributed by atoms with E-state index < -0.39 is 5.92 Å². The molecule has 0 N–H and O–H groups in total. The van der Waals surface area contributed by atoms with Gasteiger partial charge in [-0.15, -0.1) is 12.4 Å². The Labute approximate surface area is 186 Å². The highest BCUT2D eigenvalue weighted by molar-refractivity contribution is 5.85. The maximum Gasteiger partial charge on any atom is 0.317 e. The molecule has 30 heavy (non-hydrogen) atoms. The van der Waals surface area contributed by atoms with Crippen LogP contribution in [0.5, 0.6) is 0 Å². The van der Waals surface area contributed by atoms with Gasteiger partial charge in [-0.3, -0.25) is 9.69 Å². The van der Waals surface area contributed by atoms with Crippen LogP contribution in [0.25, 0.3) is 0 Å². The first-order chi connectivity index (χ1) is 14.2. The normalized spacial score (nSPS) is 11.7. The molecule has 3 aromatic carbocycles. The third-order valence-electron chi connectivity index (χ3n) is 5.32. The van der Waals surface area contributed by atoms with Crippen LogP contribution in [0.4, 0.5) is 0 Å². The van der Waals surface area contributed by atoms with Gasteiger partial charge in [0.1, 0.15) is 12.5 Å². The predicted molar refractivity (Wildman–Crippen MR) is 125 cm³/mol. The molecule has 158 valence electrons. The van der Waals surface area contributed by atoms with Gasteiger partial charge in [-0.25, -0.2) is 0 Å². The third-order valence-corrected chi connectivity index (χ3v) is 5.32. The van der Waals surface area contributed by atoms with E-state index in [1.807, 2.05) is 78.9 Å². The molecule has 4 heteroatoms. The Hall–Kier alpha value is -2.62. The van der Waals surface area contributed by atoms with Gasteiger partial charge >= 0.3 is 5.97 Å². The van der Waals surface area contributed by atoms with Crippen LogP contribution < -0.4 is 0 Å². The molecule has 0 aliphatic heterocycles. The minimum atomic E-state index is -0.425. The number of likely N-dealkylation sites (N-methyl/N-ethyl adjacent to an activating group) is 1. The minimum Gasteiger partial charge on any atom is -0.463 e. The number of benzene rings is 3. The standard InChI is InChI=1S/C26H29NO2.ClH/c1-3-27(4-2)24(21-14-8-5-9-15-21)20-29-26(28)25(22-16-10-6-11-17-22)23-18-12-7-13-19-23;/h5-19,24-25H,3-4,20H2,1-2H3;1H. The number of carbonyl (C=O) groups is 1. The lowest BCUT2D eigenvalue weighted by molar-refractivity contribution is -0.146. The lowest BCUT2D eigenvalue weighted by Gasteiger charge is -2.30. The zero-order valence-corrected chi connectivity index (χ0v) is 18.4. The molecule has 0 saturated heterocycles. The van der Waals surface area contributed by atoms with E-state index in [0.29, 0.717) is 6.61 Å². The molecule has 0 aliphatic carbocycles. The van der Waals surface area contributed by atoms with Gasteiger partial charge in [0, 0.05) is 0 Å². The Kier molecular flexibility index (Phi) is 9.59. The van der Waals surface area contributed by atoms with Crippen LogP contribution in [-0.2, 0) is 9.53 Å². The highest BCUT2D eigenvalue weighted by Crippen LogP contribution is 2.27. The first-order valence-electron chi connectivity index (χ1n) is 10.3. The minimum absolute atomic E-state index is 0. The molecule has 0 amide bonds. The molecule has 0 aliphatic rings. The summed E-state index contributed by atoms with van der Waals surface area (Å²) in [5.74, 6) is -0.638. The van der Waals surface area contributed by atoms with E-state index in [4.69, 9.17) is 4.74 Å². The monoisotopic (exact) mass is 423 g/mol. The van der Waals surface area contributed by atoms with Gasteiger partial charge in [0.2, 0.25) is 0 Å². The number of ether oxygens (including phenoxy) is 1. The largest absolute Gasteiger partial charge is 0.463 e. The van der Waals surface area contributed by atoms with E-state index >= 15 is 0 Å². The SMILES string of the molecule is CCN(CC)C(COC(=O)C(c1ccccc1)c1ccccc1)c1ccccc1.Cl. The van der Waals surface area contributed by atoms with E-state index in [1.54, 1.807) is 0 Å². The van der Waals surface area contributed by atoms with Crippen molar-refractivity contribution >= 4 is 18.4 Å². The molecule has 3 aromatic rings. The number of nitrogens with zero attached hydrogens (tertiary/aromatic N) is 1. The highest BCUT2D eigenvalue weighted by Gasteiger charge is 2.26. The Morgan fingerprint density at radius 3 is 1.53 bits per heavy atom. The molecule has 0 aromatic heterocycles. The maximum atomic E-state index is 13.2. The molecule has 0 heterocycles. The van der Waals surface area contributed by atoms with E-state index in [1.165, 1.54) is 5.56 Å². The van der Waals surface area contributed by atoms with Crippen LogP contribution in [-0.4, -0.2) is 30.6 Å². The van der Waals surface area contributed by atoms with E-state index in [-0.39, 0.29) is 24.4 Å². The average molecular weight is 424 g/mol. The molecule has 1 unspecified atom stereocenters. The van der Waals surface area contributed by atoms with Gasteiger partial charge in [-0.05, 0) is 29.8 Å². The molecule has 0 bridgehead atoms. The zero-order valence-electron chi connectivity index (χ0n) is 17.6. The summed E-state index contributed by atoms with van der Waals surface area (Å²) < 4.78 is 5.93. The fourth-order valence-electron chi connectivity index (χ4n) is 3.75. The van der Waals surface area contributed by atoms with Crippen LogP contribution in [0.3, 0.4) is 0 Å². The van der Waals surface area contributed by atoms with E-state index in [9.17, 15) is 4.79 Å². The van der Waals surface area contributed by atoms with Crippen molar-refractivity contribution in [3.05, 3.63) is 108 Å². The second kappa shape index (κ2) is 12.2. The second-order valence-corrected chi connectivity index (χ2v) is 7.03. The summed E-state index contributed by atoms with van der Waals surface area (Å²) in [6, 6.07) is 30.0. The maximum absolute atomic E-state index is 13.2. The molecule has 3 nitrogen and oxygen atoms in total. The van der Waals surface area contributed by atoms with Crippen LogP contribution in [0, 0.1) is 0 Å². The van der Waals surface area contributed by atoms with Crippen molar-refractivity contribution in [2.24, 2.45) is 0 Å². The van der Waals surface area contributed by atoms with E-state index in [2.05, 4.69) is 30.9 Å². The number of hydrogen-bond acceptors (Lipinski definition) is 3. The number of carbonyl (C=O) groups excluding carboxylic acids is 1. The van der Waals surface area contributed by atoms with Gasteiger partial charge in [-0.1, -0.05) is 105 Å². The highest BCUT2D eigenvalue weighted by atomic mass is 35.5. The van der Waals surface area contributed by atoms with Crippen LogP contribution in [0.2, 0.25) is 0 Å². The summed E-state index contributed by atoms with van der Waals surface area (Å²) in [4.78, 5) is 15.6. The molecule has 1 atom stereocenters. The lowest BCUT2D eigenvalue weighted by atomic mass is 9.91. The van der Waals surface area contributed by atoms with Crippen molar-refractivity contribution in [1.29, 1.82) is 0 Å². The second-order valence-electron chi connectivity index (χ2n) is 7.03. The van der Waals surface area contributed by atoms with Crippen molar-refractivity contribution in [3.8, 4) is 0 Å². The summed E-state index contributed by atoms with van der Waals surface area (Å²) in [6.45, 7) is 6.40. The number of hydrogen-bond donors (Lipinski definition) is 0. The Morgan fingerprint density at radius 1 is 0.733 bits per heavy atom. The van der Waals surface area contributed by atoms with Crippen molar-refractivity contribution in [2.75, 3.05) is 19.7 Å². The van der Waals surface area contributed by atoms with Crippen molar-refractivity contribution in [1.82, 2.24) is 4.90 Å². The summed E-state index contributed by atoms with van der Waals surface area (Å²) in [5.41, 5.74) is 3.06. The van der Waals surface area contributed by atoms with Crippen molar-refractivity contribution in [3.63, 3.8) is 0 Å². The number of halogens is 1. The van der Waals surface area contributed by atoms with Crippen molar-refractivity contribution in [2.45, 2.75) is 25.8 Å². The van der Waals surface area contributed by atoms with E-state index in [0.717, 1.165) is 24.2 Å². The predicted octanol–water partition coefficient (Wildman–Crippen LogP) is 5.87. The summed E-state index contributed by atoms with van der Waals surface area (Å²) in [7, 11) is 0. The smallest absolute Gasteiger partial charge is 0.317 e. The molecule has 0 saturated carbocycles. The third kappa shape index (κ3) is 5.94. The Morgan fingerprint density at radius 2 is 1.13 bits per heavy atom. The molecular weight excluding hydrogens is 394 g/mol. The quantitative estimate of drug-likeness (QED) is 0.403.